The minimum atomic E-state index is -1.42. The molecule has 1 aromatic heterocycles. The van der Waals surface area contributed by atoms with E-state index in [1.54, 1.807) is 4.90 Å². The van der Waals surface area contributed by atoms with Gasteiger partial charge in [-0.15, -0.1) is 12.4 Å². The van der Waals surface area contributed by atoms with Crippen molar-refractivity contribution in [1.82, 2.24) is 9.47 Å². The first-order valence-electron chi connectivity index (χ1n) is 8.34. The first-order chi connectivity index (χ1) is 12.8. The summed E-state index contributed by atoms with van der Waals surface area (Å²) in [6.07, 6.45) is 0. The second-order valence-electron chi connectivity index (χ2n) is 6.62. The van der Waals surface area contributed by atoms with Gasteiger partial charge >= 0.3 is 5.97 Å². The van der Waals surface area contributed by atoms with Gasteiger partial charge in [0.25, 0.3) is 0 Å². The lowest BCUT2D eigenvalue weighted by Gasteiger charge is -2.37. The van der Waals surface area contributed by atoms with E-state index in [1.807, 2.05) is 7.05 Å². The molecule has 1 fully saturated rings. The van der Waals surface area contributed by atoms with Gasteiger partial charge in [0.05, 0.1) is 26.6 Å². The van der Waals surface area contributed by atoms with Crippen LogP contribution < -0.4 is 10.3 Å². The van der Waals surface area contributed by atoms with Crippen molar-refractivity contribution in [2.75, 3.05) is 44.8 Å². The number of carboxylic acids is 1. The number of aromatic carboxylic acids is 1. The summed E-state index contributed by atoms with van der Waals surface area (Å²) in [7, 11) is 1.97. The van der Waals surface area contributed by atoms with Crippen molar-refractivity contribution in [3.63, 3.8) is 0 Å². The van der Waals surface area contributed by atoms with E-state index in [0.29, 0.717) is 13.1 Å². The Kier molecular flexibility index (Phi) is 5.82. The van der Waals surface area contributed by atoms with Crippen molar-refractivity contribution in [3.8, 4) is 0 Å². The van der Waals surface area contributed by atoms with Crippen molar-refractivity contribution >= 4 is 58.3 Å². The minimum absolute atomic E-state index is 0. The van der Waals surface area contributed by atoms with Crippen LogP contribution >= 0.6 is 35.8 Å². The van der Waals surface area contributed by atoms with Crippen LogP contribution in [0.15, 0.2) is 15.9 Å². The molecule has 0 spiro atoms. The fourth-order valence-electron chi connectivity index (χ4n) is 3.59. The molecule has 1 atom stereocenters. The number of halogens is 4. The molecule has 4 rings (SSSR count). The third-order valence-corrected chi connectivity index (χ3v) is 6.61. The van der Waals surface area contributed by atoms with Gasteiger partial charge in [-0.05, 0) is 13.1 Å². The molecule has 0 radical (unpaired) electrons. The molecule has 0 bridgehead atoms. The molecular weight excluding hydrogens is 435 g/mol. The smallest absolute Gasteiger partial charge is 0.342 e. The van der Waals surface area contributed by atoms with E-state index in [9.17, 15) is 23.5 Å². The summed E-state index contributed by atoms with van der Waals surface area (Å²) in [5, 5.41) is 8.72. The summed E-state index contributed by atoms with van der Waals surface area (Å²) in [6.45, 7) is 1.82. The fourth-order valence-corrected chi connectivity index (χ4v) is 5.10. The monoisotopic (exact) mass is 451 g/mol. The van der Waals surface area contributed by atoms with Crippen LogP contribution in [0.5, 0.6) is 0 Å². The maximum Gasteiger partial charge on any atom is 0.342 e. The van der Waals surface area contributed by atoms with Gasteiger partial charge in [-0.1, -0.05) is 23.4 Å². The van der Waals surface area contributed by atoms with Crippen LogP contribution in [0.1, 0.15) is 15.7 Å². The zero-order valence-corrected chi connectivity index (χ0v) is 17.1. The van der Waals surface area contributed by atoms with Gasteiger partial charge in [0, 0.05) is 26.2 Å². The molecule has 3 heterocycles. The predicted molar refractivity (Wildman–Crippen MR) is 108 cm³/mol. The van der Waals surface area contributed by atoms with Gasteiger partial charge in [0.15, 0.2) is 0 Å². The number of hydrogen-bond acceptors (Lipinski definition) is 5. The lowest BCUT2D eigenvalue weighted by atomic mass is 10.1. The second-order valence-corrected chi connectivity index (χ2v) is 8.16. The highest BCUT2D eigenvalue weighted by Gasteiger charge is 2.37. The Morgan fingerprint density at radius 2 is 2.00 bits per heavy atom. The molecule has 0 saturated carbocycles. The third kappa shape index (κ3) is 3.04. The minimum Gasteiger partial charge on any atom is -0.477 e. The van der Waals surface area contributed by atoms with Crippen molar-refractivity contribution in [2.24, 2.45) is 0 Å². The van der Waals surface area contributed by atoms with E-state index >= 15 is 0 Å². The molecular formula is C17H17Cl2F2N3O3S. The molecule has 2 aliphatic rings. The lowest BCUT2D eigenvalue weighted by Crippen LogP contribution is -2.45. The van der Waals surface area contributed by atoms with Gasteiger partial charge in [-0.3, -0.25) is 4.79 Å². The number of likely N-dealkylation sites (N-methyl/N-ethyl adjacent to an activating group) is 1. The lowest BCUT2D eigenvalue weighted by molar-refractivity contribution is 0.0689. The first-order valence-corrected chi connectivity index (χ1v) is 9.60. The first kappa shape index (κ1) is 21.2. The van der Waals surface area contributed by atoms with Crippen LogP contribution in [0, 0.1) is 5.82 Å². The third-order valence-electron chi connectivity index (χ3n) is 5.01. The van der Waals surface area contributed by atoms with E-state index in [0.717, 1.165) is 30.9 Å². The maximum absolute atomic E-state index is 14.9. The number of pyridine rings is 1. The topological polar surface area (TPSA) is 65.8 Å². The van der Waals surface area contributed by atoms with Crippen LogP contribution in [0.2, 0.25) is 5.02 Å². The molecule has 0 amide bonds. The van der Waals surface area contributed by atoms with Crippen molar-refractivity contribution in [3.05, 3.63) is 32.7 Å². The van der Waals surface area contributed by atoms with Gasteiger partial charge in [0.2, 0.25) is 5.43 Å². The Hall–Kier alpha value is -1.55. The molecule has 11 heteroatoms. The number of benzene rings is 1. The van der Waals surface area contributed by atoms with Gasteiger partial charge in [0.1, 0.15) is 23.4 Å². The van der Waals surface area contributed by atoms with Gasteiger partial charge < -0.3 is 19.5 Å². The normalized spacial score (nSPS) is 19.1. The predicted octanol–water partition coefficient (Wildman–Crippen LogP) is 3.24. The molecule has 1 saturated heterocycles. The van der Waals surface area contributed by atoms with E-state index < -0.39 is 34.8 Å². The van der Waals surface area contributed by atoms with Crippen LogP contribution in [0.4, 0.5) is 14.5 Å². The molecule has 2 aromatic rings. The quantitative estimate of drug-likeness (QED) is 0.772. The molecule has 1 aromatic carbocycles. The van der Waals surface area contributed by atoms with E-state index in [2.05, 4.69) is 4.90 Å². The number of carbonyl (C=O) groups is 1. The number of rotatable bonds is 3. The number of carboxylic acid groups (broad SMARTS) is 1. The van der Waals surface area contributed by atoms with Crippen LogP contribution in [-0.2, 0) is 0 Å². The molecule has 1 N–H and O–H groups in total. The Labute approximate surface area is 174 Å². The average Bonchev–Trinajstić information content (AvgIpc) is 2.60. The van der Waals surface area contributed by atoms with Crippen molar-refractivity contribution in [1.29, 1.82) is 0 Å². The Balaban J connectivity index is 0.00000225. The number of alkyl halides is 1. The van der Waals surface area contributed by atoms with Crippen LogP contribution in [-0.4, -0.2) is 60.4 Å². The SMILES string of the molecule is CN1CCN(c2c(F)cc3c(=O)c(C(=O)O)c4n(c3c2Cl)C(CF)S4)CC1.Cl. The molecule has 28 heavy (non-hydrogen) atoms. The molecule has 0 aliphatic carbocycles. The fraction of sp³-hybridized carbons (Fsp3) is 0.412. The molecule has 6 nitrogen and oxygen atoms in total. The summed E-state index contributed by atoms with van der Waals surface area (Å²) >= 11 is 7.49. The summed E-state index contributed by atoms with van der Waals surface area (Å²) in [6, 6.07) is 1.02. The van der Waals surface area contributed by atoms with E-state index in [-0.39, 0.29) is 39.0 Å². The Morgan fingerprint density at radius 1 is 1.36 bits per heavy atom. The van der Waals surface area contributed by atoms with Gasteiger partial charge in [-0.25, -0.2) is 13.6 Å². The van der Waals surface area contributed by atoms with Crippen LogP contribution in [0.25, 0.3) is 10.9 Å². The molecule has 1 unspecified atom stereocenters. The maximum atomic E-state index is 14.9. The highest BCUT2D eigenvalue weighted by Crippen LogP contribution is 2.49. The highest BCUT2D eigenvalue weighted by atomic mass is 35.5. The summed E-state index contributed by atoms with van der Waals surface area (Å²) < 4.78 is 29.7. The summed E-state index contributed by atoms with van der Waals surface area (Å²) in [5.41, 5.74) is -0.915. The number of nitrogens with zero attached hydrogens (tertiary/aromatic N) is 3. The van der Waals surface area contributed by atoms with E-state index in [1.165, 1.54) is 4.57 Å². The van der Waals surface area contributed by atoms with Crippen LogP contribution in [0.3, 0.4) is 0 Å². The zero-order chi connectivity index (χ0) is 19.5. The highest BCUT2D eigenvalue weighted by molar-refractivity contribution is 8.00. The second kappa shape index (κ2) is 7.70. The number of piperazine rings is 1. The van der Waals surface area contributed by atoms with Crippen molar-refractivity contribution in [2.45, 2.75) is 10.4 Å². The Bertz CT molecular complexity index is 1030. The standard InChI is InChI=1S/C17H16ClF2N3O3S.ClH/c1-21-2-4-22(5-3-21)14-9(20)6-8-13(12(14)18)23-10(7-19)27-16(23)11(15(8)24)17(25)26;/h6,10H,2-5,7H2,1H3,(H,25,26);1H. The number of anilines is 1. The number of aromatic nitrogens is 1. The Morgan fingerprint density at radius 3 is 2.57 bits per heavy atom. The molecule has 152 valence electrons. The number of hydrogen-bond donors (Lipinski definition) is 1. The number of thioether (sulfide) groups is 1. The molecule has 2 aliphatic heterocycles. The largest absolute Gasteiger partial charge is 0.477 e. The summed E-state index contributed by atoms with van der Waals surface area (Å²) in [5.74, 6) is -2.11. The van der Waals surface area contributed by atoms with Crippen molar-refractivity contribution < 1.29 is 18.7 Å². The zero-order valence-electron chi connectivity index (χ0n) is 14.7. The van der Waals surface area contributed by atoms with E-state index in [4.69, 9.17) is 11.6 Å². The average molecular weight is 452 g/mol. The number of fused-ring (bicyclic) bond motifs is 3. The van der Waals surface area contributed by atoms with Gasteiger partial charge in [-0.2, -0.15) is 0 Å². The summed E-state index contributed by atoms with van der Waals surface area (Å²) in [4.78, 5) is 28.1.